The molecular formula is C69H133NO5. The minimum absolute atomic E-state index is 0.0122. The molecule has 0 aromatic rings. The van der Waals surface area contributed by atoms with Crippen LogP contribution in [-0.4, -0.2) is 47.4 Å². The second kappa shape index (κ2) is 64.9. The number of rotatable bonds is 64. The van der Waals surface area contributed by atoms with Crippen LogP contribution in [0.3, 0.4) is 0 Å². The molecule has 0 fully saturated rings. The van der Waals surface area contributed by atoms with Gasteiger partial charge in [-0.15, -0.1) is 0 Å². The number of hydrogen-bond donors (Lipinski definition) is 3. The number of carbonyl (C=O) groups is 2. The first-order valence-corrected chi connectivity index (χ1v) is 34.1. The van der Waals surface area contributed by atoms with Gasteiger partial charge >= 0.3 is 5.97 Å². The van der Waals surface area contributed by atoms with Gasteiger partial charge in [0.05, 0.1) is 25.4 Å². The van der Waals surface area contributed by atoms with Gasteiger partial charge in [0.1, 0.15) is 0 Å². The van der Waals surface area contributed by atoms with E-state index in [1.54, 1.807) is 6.08 Å². The van der Waals surface area contributed by atoms with Gasteiger partial charge in [-0.3, -0.25) is 9.59 Å². The normalized spacial score (nSPS) is 12.6. The summed E-state index contributed by atoms with van der Waals surface area (Å²) in [7, 11) is 0. The van der Waals surface area contributed by atoms with Crippen LogP contribution in [0, 0.1) is 0 Å². The first-order chi connectivity index (χ1) is 37.0. The van der Waals surface area contributed by atoms with Crippen LogP contribution in [0.4, 0.5) is 0 Å². The van der Waals surface area contributed by atoms with Gasteiger partial charge in [-0.2, -0.15) is 0 Å². The summed E-state index contributed by atoms with van der Waals surface area (Å²) in [5, 5.41) is 23.1. The Hall–Kier alpha value is -1.66. The minimum atomic E-state index is -0.841. The Morgan fingerprint density at radius 2 is 0.627 bits per heavy atom. The predicted octanol–water partition coefficient (Wildman–Crippen LogP) is 21.8. The van der Waals surface area contributed by atoms with Crippen molar-refractivity contribution < 1.29 is 24.5 Å². The lowest BCUT2D eigenvalue weighted by Crippen LogP contribution is -2.45. The fourth-order valence-corrected chi connectivity index (χ4v) is 10.7. The Morgan fingerprint density at radius 3 is 0.947 bits per heavy atom. The van der Waals surface area contributed by atoms with Gasteiger partial charge < -0.3 is 20.3 Å². The van der Waals surface area contributed by atoms with Crippen molar-refractivity contribution in [1.29, 1.82) is 0 Å². The van der Waals surface area contributed by atoms with Gasteiger partial charge in [0.15, 0.2) is 0 Å². The fraction of sp³-hybridized carbons (Fsp3) is 0.913. The van der Waals surface area contributed by atoms with E-state index in [0.29, 0.717) is 19.4 Å². The Kier molecular flexibility index (Phi) is 63.4. The van der Waals surface area contributed by atoms with Gasteiger partial charge in [0.2, 0.25) is 5.91 Å². The quantitative estimate of drug-likeness (QED) is 0.0320. The molecule has 0 heterocycles. The van der Waals surface area contributed by atoms with Gasteiger partial charge in [-0.25, -0.2) is 0 Å². The SMILES string of the molecule is CCCCCCCCC/C=C\CCCCCCCC(=O)OCCCCCCCCCCCCCCCCCCCCCCCCCCCCCCCC(=O)NC(CO)C(O)/C=C/CCCCCCCCCCCCC. The van der Waals surface area contributed by atoms with Crippen LogP contribution in [0.15, 0.2) is 24.3 Å². The van der Waals surface area contributed by atoms with Crippen LogP contribution in [0.1, 0.15) is 380 Å². The van der Waals surface area contributed by atoms with Crippen molar-refractivity contribution in [3.8, 4) is 0 Å². The number of esters is 1. The number of amides is 1. The van der Waals surface area contributed by atoms with E-state index in [2.05, 4.69) is 31.3 Å². The summed E-state index contributed by atoms with van der Waals surface area (Å²) in [6.45, 7) is 4.92. The lowest BCUT2D eigenvalue weighted by atomic mass is 10.0. The molecule has 2 atom stereocenters. The lowest BCUT2D eigenvalue weighted by molar-refractivity contribution is -0.143. The van der Waals surface area contributed by atoms with E-state index in [-0.39, 0.29) is 18.5 Å². The van der Waals surface area contributed by atoms with Crippen molar-refractivity contribution in [2.45, 2.75) is 392 Å². The van der Waals surface area contributed by atoms with E-state index in [1.807, 2.05) is 6.08 Å². The van der Waals surface area contributed by atoms with Crippen LogP contribution in [0.25, 0.3) is 0 Å². The molecule has 75 heavy (non-hydrogen) atoms. The van der Waals surface area contributed by atoms with Gasteiger partial charge in [-0.1, -0.05) is 334 Å². The molecule has 444 valence electrons. The van der Waals surface area contributed by atoms with Crippen molar-refractivity contribution >= 4 is 11.9 Å². The topological polar surface area (TPSA) is 95.9 Å². The number of unbranched alkanes of at least 4 members (excludes halogenated alkanes) is 51. The van der Waals surface area contributed by atoms with Gasteiger partial charge in [0.25, 0.3) is 0 Å². The maximum atomic E-state index is 12.5. The number of carbonyl (C=O) groups excluding carboxylic acids is 2. The average molecular weight is 1060 g/mol. The molecule has 6 heteroatoms. The third-order valence-corrected chi connectivity index (χ3v) is 16.0. The molecule has 0 saturated carbocycles. The van der Waals surface area contributed by atoms with Crippen molar-refractivity contribution in [3.05, 3.63) is 24.3 Å². The maximum absolute atomic E-state index is 12.5. The number of ether oxygens (including phenoxy) is 1. The number of nitrogens with one attached hydrogen (secondary N) is 1. The summed E-state index contributed by atoms with van der Waals surface area (Å²) in [6.07, 6.45) is 81.1. The second-order valence-corrected chi connectivity index (χ2v) is 23.5. The maximum Gasteiger partial charge on any atom is 0.305 e. The zero-order valence-corrected chi connectivity index (χ0v) is 50.8. The number of aliphatic hydroxyl groups excluding tert-OH is 2. The molecule has 3 N–H and O–H groups in total. The van der Waals surface area contributed by atoms with Crippen molar-refractivity contribution in [2.24, 2.45) is 0 Å². The highest BCUT2D eigenvalue weighted by Crippen LogP contribution is 2.18. The van der Waals surface area contributed by atoms with E-state index < -0.39 is 12.1 Å². The smallest absolute Gasteiger partial charge is 0.305 e. The molecule has 0 rings (SSSR count). The Morgan fingerprint density at radius 1 is 0.360 bits per heavy atom. The molecule has 0 saturated heterocycles. The number of allylic oxidation sites excluding steroid dienone is 3. The molecule has 0 aliphatic rings. The molecule has 6 nitrogen and oxygen atoms in total. The van der Waals surface area contributed by atoms with Crippen LogP contribution < -0.4 is 5.32 Å². The summed E-state index contributed by atoms with van der Waals surface area (Å²) in [5.74, 6) is -0.0508. The van der Waals surface area contributed by atoms with E-state index in [4.69, 9.17) is 4.74 Å². The summed E-state index contributed by atoms with van der Waals surface area (Å²) >= 11 is 0. The molecule has 0 aromatic carbocycles. The van der Waals surface area contributed by atoms with Gasteiger partial charge in [-0.05, 0) is 57.8 Å². The highest BCUT2D eigenvalue weighted by molar-refractivity contribution is 5.76. The van der Waals surface area contributed by atoms with Crippen LogP contribution in [0.2, 0.25) is 0 Å². The van der Waals surface area contributed by atoms with E-state index in [9.17, 15) is 19.8 Å². The molecule has 0 aliphatic heterocycles. The highest BCUT2D eigenvalue weighted by Gasteiger charge is 2.18. The van der Waals surface area contributed by atoms with Crippen LogP contribution in [0.5, 0.6) is 0 Å². The average Bonchev–Trinajstić information content (AvgIpc) is 3.41. The van der Waals surface area contributed by atoms with Crippen molar-refractivity contribution in [1.82, 2.24) is 5.32 Å². The zero-order chi connectivity index (χ0) is 54.3. The predicted molar refractivity (Wildman–Crippen MR) is 329 cm³/mol. The number of hydrogen-bond acceptors (Lipinski definition) is 5. The first kappa shape index (κ1) is 73.3. The summed E-state index contributed by atoms with van der Waals surface area (Å²) in [6, 6.07) is -0.624. The molecule has 0 aliphatic carbocycles. The Bertz CT molecular complexity index is 1170. The Labute approximate surface area is 469 Å². The largest absolute Gasteiger partial charge is 0.466 e. The van der Waals surface area contributed by atoms with Crippen molar-refractivity contribution in [2.75, 3.05) is 13.2 Å². The minimum Gasteiger partial charge on any atom is -0.466 e. The van der Waals surface area contributed by atoms with E-state index in [1.165, 1.54) is 308 Å². The van der Waals surface area contributed by atoms with Gasteiger partial charge in [0, 0.05) is 12.8 Å². The summed E-state index contributed by atoms with van der Waals surface area (Å²) < 4.78 is 5.50. The highest BCUT2D eigenvalue weighted by atomic mass is 16.5. The lowest BCUT2D eigenvalue weighted by Gasteiger charge is -2.20. The zero-order valence-electron chi connectivity index (χ0n) is 50.8. The van der Waals surface area contributed by atoms with E-state index in [0.717, 1.165) is 44.9 Å². The third kappa shape index (κ3) is 61.4. The standard InChI is InChI=1S/C69H133NO5/c1-3-5-7-9-11-13-15-17-18-35-39-43-47-51-55-59-63-69(74)75-64-60-56-52-48-44-40-36-33-31-29-27-25-23-21-19-20-22-24-26-28-30-32-34-38-42-46-50-54-58-62-68(73)70-66(65-71)67(72)61-57-53-49-45-41-37-16-14-12-10-8-6-4-2/h18,35,57,61,66-67,71-72H,3-17,19-34,36-56,58-60,62-65H2,1-2H3,(H,70,73)/b35-18-,61-57+. The second-order valence-electron chi connectivity index (χ2n) is 23.5. The molecule has 1 amide bonds. The molecule has 0 spiro atoms. The third-order valence-electron chi connectivity index (χ3n) is 16.0. The Balaban J connectivity index is 3.33. The summed E-state index contributed by atoms with van der Waals surface area (Å²) in [5.41, 5.74) is 0. The first-order valence-electron chi connectivity index (χ1n) is 34.1. The molecule has 2 unspecified atom stereocenters. The fourth-order valence-electron chi connectivity index (χ4n) is 10.7. The molecular weight excluding hydrogens is 923 g/mol. The van der Waals surface area contributed by atoms with E-state index >= 15 is 0 Å². The van der Waals surface area contributed by atoms with Crippen molar-refractivity contribution in [3.63, 3.8) is 0 Å². The molecule has 0 aromatic heterocycles. The van der Waals surface area contributed by atoms with Crippen LogP contribution >= 0.6 is 0 Å². The molecule has 0 bridgehead atoms. The summed E-state index contributed by atoms with van der Waals surface area (Å²) in [4.78, 5) is 24.5. The monoisotopic (exact) mass is 1060 g/mol. The van der Waals surface area contributed by atoms with Crippen LogP contribution in [-0.2, 0) is 14.3 Å². The number of aliphatic hydroxyl groups is 2. The molecule has 0 radical (unpaired) electrons.